The van der Waals surface area contributed by atoms with Gasteiger partial charge in [-0.1, -0.05) is 50.3 Å². The van der Waals surface area contributed by atoms with Crippen molar-refractivity contribution in [1.29, 1.82) is 0 Å². The minimum Gasteiger partial charge on any atom is -0.300 e. The molecule has 1 aromatic carbocycles. The quantitative estimate of drug-likeness (QED) is 0.700. The third-order valence-corrected chi connectivity index (χ3v) is 6.71. The highest BCUT2D eigenvalue weighted by Crippen LogP contribution is 2.25. The Morgan fingerprint density at radius 3 is 2.46 bits per heavy atom. The second kappa shape index (κ2) is 8.24. The Hall–Kier alpha value is -1.84. The Morgan fingerprint density at radius 2 is 1.88 bits per heavy atom. The molecule has 0 saturated heterocycles. The van der Waals surface area contributed by atoms with E-state index < -0.39 is 10.0 Å². The molecule has 0 fully saturated rings. The summed E-state index contributed by atoms with van der Waals surface area (Å²) < 4.78 is 27.8. The van der Waals surface area contributed by atoms with Gasteiger partial charge in [0.25, 0.3) is 10.0 Å². The Bertz CT molecular complexity index is 891. The number of rotatable bonds is 7. The standard InChI is InChI=1S/C17H24N4O3S2/c1-6-14(13-8-7-11(4)12(5)9-13)21-26(23,24)17-20-19-16(25-17)18-15(22)10(2)3/h7-10,14,21H,6H2,1-5H3,(H,18,19,22). The molecule has 1 amide bonds. The molecule has 0 aliphatic heterocycles. The van der Waals surface area contributed by atoms with Crippen molar-refractivity contribution in [3.63, 3.8) is 0 Å². The zero-order chi connectivity index (χ0) is 19.5. The summed E-state index contributed by atoms with van der Waals surface area (Å²) in [6, 6.07) is 5.52. The number of nitrogens with one attached hydrogen (secondary N) is 2. The average Bonchev–Trinajstić information content (AvgIpc) is 3.04. The summed E-state index contributed by atoms with van der Waals surface area (Å²) in [6.07, 6.45) is 0.595. The smallest absolute Gasteiger partial charge is 0.270 e. The SMILES string of the molecule is CCC(NS(=O)(=O)c1nnc(NC(=O)C(C)C)s1)c1ccc(C)c(C)c1. The highest BCUT2D eigenvalue weighted by Gasteiger charge is 2.25. The van der Waals surface area contributed by atoms with Crippen molar-refractivity contribution in [3.8, 4) is 0 Å². The van der Waals surface area contributed by atoms with Crippen molar-refractivity contribution in [2.75, 3.05) is 5.32 Å². The first kappa shape index (κ1) is 20.5. The predicted molar refractivity (Wildman–Crippen MR) is 103 cm³/mol. The first-order valence-electron chi connectivity index (χ1n) is 8.38. The number of benzene rings is 1. The third kappa shape index (κ3) is 4.87. The maximum absolute atomic E-state index is 12.6. The van der Waals surface area contributed by atoms with Crippen LogP contribution in [0.15, 0.2) is 22.5 Å². The van der Waals surface area contributed by atoms with Gasteiger partial charge in [0.2, 0.25) is 15.4 Å². The van der Waals surface area contributed by atoms with Gasteiger partial charge in [-0.3, -0.25) is 4.79 Å². The van der Waals surface area contributed by atoms with Gasteiger partial charge in [-0.25, -0.2) is 13.1 Å². The summed E-state index contributed by atoms with van der Waals surface area (Å²) in [7, 11) is -3.83. The van der Waals surface area contributed by atoms with Crippen LogP contribution in [0.4, 0.5) is 5.13 Å². The zero-order valence-corrected chi connectivity index (χ0v) is 17.2. The zero-order valence-electron chi connectivity index (χ0n) is 15.5. The lowest BCUT2D eigenvalue weighted by Crippen LogP contribution is -2.28. The molecule has 1 atom stereocenters. The van der Waals surface area contributed by atoms with Gasteiger partial charge < -0.3 is 5.32 Å². The monoisotopic (exact) mass is 396 g/mol. The van der Waals surface area contributed by atoms with Crippen LogP contribution < -0.4 is 10.0 Å². The molecule has 26 heavy (non-hydrogen) atoms. The van der Waals surface area contributed by atoms with Crippen molar-refractivity contribution < 1.29 is 13.2 Å². The summed E-state index contributed by atoms with van der Waals surface area (Å²) in [5.74, 6) is -0.467. The van der Waals surface area contributed by atoms with E-state index in [0.29, 0.717) is 6.42 Å². The number of amides is 1. The van der Waals surface area contributed by atoms with E-state index in [2.05, 4.69) is 20.2 Å². The number of hydrogen-bond acceptors (Lipinski definition) is 6. The second-order valence-electron chi connectivity index (χ2n) is 6.44. The van der Waals surface area contributed by atoms with Crippen LogP contribution in [0, 0.1) is 19.8 Å². The molecule has 0 radical (unpaired) electrons. The van der Waals surface area contributed by atoms with Crippen molar-refractivity contribution in [2.24, 2.45) is 5.92 Å². The first-order valence-corrected chi connectivity index (χ1v) is 10.7. The molecule has 0 aliphatic carbocycles. The highest BCUT2D eigenvalue weighted by atomic mass is 32.2. The maximum atomic E-state index is 12.6. The number of sulfonamides is 1. The van der Waals surface area contributed by atoms with Gasteiger partial charge in [-0.2, -0.15) is 0 Å². The minimum absolute atomic E-state index is 0.168. The van der Waals surface area contributed by atoms with Crippen molar-refractivity contribution >= 4 is 32.4 Å². The fourth-order valence-corrected chi connectivity index (χ4v) is 4.45. The Labute approximate surface area is 158 Å². The lowest BCUT2D eigenvalue weighted by molar-refractivity contribution is -0.118. The first-order chi connectivity index (χ1) is 12.1. The van der Waals surface area contributed by atoms with Gasteiger partial charge in [-0.15, -0.1) is 10.2 Å². The molecule has 2 N–H and O–H groups in total. The van der Waals surface area contributed by atoms with E-state index >= 15 is 0 Å². The van der Waals surface area contributed by atoms with Gasteiger partial charge in [0, 0.05) is 12.0 Å². The number of hydrogen-bond donors (Lipinski definition) is 2. The van der Waals surface area contributed by atoms with E-state index in [0.717, 1.165) is 28.0 Å². The van der Waals surface area contributed by atoms with Crippen molar-refractivity contribution in [1.82, 2.24) is 14.9 Å². The van der Waals surface area contributed by atoms with Crippen LogP contribution in [0.1, 0.15) is 49.9 Å². The number of aromatic nitrogens is 2. The van der Waals surface area contributed by atoms with E-state index in [1.54, 1.807) is 13.8 Å². The summed E-state index contributed by atoms with van der Waals surface area (Å²) in [6.45, 7) is 9.40. The highest BCUT2D eigenvalue weighted by molar-refractivity contribution is 7.91. The number of aryl methyl sites for hydroxylation is 2. The van der Waals surface area contributed by atoms with Gasteiger partial charge in [0.1, 0.15) is 0 Å². The van der Waals surface area contributed by atoms with E-state index in [1.807, 2.05) is 39.0 Å². The molecule has 2 rings (SSSR count). The van der Waals surface area contributed by atoms with Gasteiger partial charge in [0.05, 0.1) is 0 Å². The molecule has 0 saturated carbocycles. The summed E-state index contributed by atoms with van der Waals surface area (Å²) >= 11 is 0.834. The van der Waals surface area contributed by atoms with Crippen LogP contribution in [0.3, 0.4) is 0 Å². The lowest BCUT2D eigenvalue weighted by atomic mass is 10.0. The summed E-state index contributed by atoms with van der Waals surface area (Å²) in [5.41, 5.74) is 3.16. The molecular formula is C17H24N4O3S2. The molecule has 1 aromatic heterocycles. The maximum Gasteiger partial charge on any atom is 0.270 e. The average molecular weight is 397 g/mol. The minimum atomic E-state index is -3.83. The van der Waals surface area contributed by atoms with E-state index in [1.165, 1.54) is 0 Å². The molecule has 1 unspecified atom stereocenters. The molecule has 0 spiro atoms. The molecular weight excluding hydrogens is 372 g/mol. The molecule has 7 nitrogen and oxygen atoms in total. The fourth-order valence-electron chi connectivity index (χ4n) is 2.22. The topological polar surface area (TPSA) is 101 Å². The normalized spacial score (nSPS) is 13.0. The van der Waals surface area contributed by atoms with Crippen LogP contribution in [0.2, 0.25) is 0 Å². The number of nitrogens with zero attached hydrogens (tertiary/aromatic N) is 2. The van der Waals surface area contributed by atoms with Gasteiger partial charge >= 0.3 is 0 Å². The van der Waals surface area contributed by atoms with Crippen molar-refractivity contribution in [3.05, 3.63) is 34.9 Å². The summed E-state index contributed by atoms with van der Waals surface area (Å²) in [5, 5.41) is 10.2. The Kier molecular flexibility index (Phi) is 6.48. The van der Waals surface area contributed by atoms with Crippen LogP contribution in [-0.4, -0.2) is 24.5 Å². The largest absolute Gasteiger partial charge is 0.300 e. The second-order valence-corrected chi connectivity index (χ2v) is 9.31. The molecule has 142 valence electrons. The van der Waals surface area contributed by atoms with Crippen molar-refractivity contribution in [2.45, 2.75) is 51.4 Å². The molecule has 2 aromatic rings. The molecule has 9 heteroatoms. The van der Waals surface area contributed by atoms with Crippen LogP contribution in [-0.2, 0) is 14.8 Å². The van der Waals surface area contributed by atoms with Crippen LogP contribution in [0.5, 0.6) is 0 Å². The predicted octanol–water partition coefficient (Wildman–Crippen LogP) is 3.18. The summed E-state index contributed by atoms with van der Waals surface area (Å²) in [4.78, 5) is 11.7. The van der Waals surface area contributed by atoms with E-state index in [-0.39, 0.29) is 27.3 Å². The third-order valence-electron chi connectivity index (χ3n) is 4.03. The Balaban J connectivity index is 2.20. The number of anilines is 1. The van der Waals surface area contributed by atoms with E-state index in [4.69, 9.17) is 0 Å². The number of carbonyl (C=O) groups excluding carboxylic acids is 1. The molecule has 1 heterocycles. The van der Waals surface area contributed by atoms with Gasteiger partial charge in [0.15, 0.2) is 0 Å². The molecule has 0 bridgehead atoms. The lowest BCUT2D eigenvalue weighted by Gasteiger charge is -2.17. The van der Waals surface area contributed by atoms with Crippen LogP contribution in [0.25, 0.3) is 0 Å². The molecule has 0 aliphatic rings. The van der Waals surface area contributed by atoms with E-state index in [9.17, 15) is 13.2 Å². The van der Waals surface area contributed by atoms with Gasteiger partial charge in [-0.05, 0) is 37.0 Å². The fraction of sp³-hybridized carbons (Fsp3) is 0.471. The Morgan fingerprint density at radius 1 is 1.19 bits per heavy atom. The van der Waals surface area contributed by atoms with Crippen LogP contribution >= 0.6 is 11.3 Å². The number of carbonyl (C=O) groups is 1.